The van der Waals surface area contributed by atoms with E-state index in [0.29, 0.717) is 0 Å². The molecule has 6 nitrogen and oxygen atoms in total. The Morgan fingerprint density at radius 1 is 1.14 bits per heavy atom. The van der Waals surface area contributed by atoms with Crippen LogP contribution in [-0.2, 0) is 52.8 Å². The Hall–Kier alpha value is 0.889. The third-order valence-electron chi connectivity index (χ3n) is 0.473. The van der Waals surface area contributed by atoms with Crippen LogP contribution in [0.2, 0.25) is 0 Å². The molecule has 0 saturated carbocycles. The van der Waals surface area contributed by atoms with E-state index in [1.165, 1.54) is 0 Å². The molecule has 0 N–H and O–H groups in total. The first-order valence-corrected chi connectivity index (χ1v) is 4.87. The van der Waals surface area contributed by atoms with Crippen molar-refractivity contribution in [2.75, 3.05) is 0 Å². The van der Waals surface area contributed by atoms with Gasteiger partial charge in [0.1, 0.15) is 0 Å². The molecule has 0 radical (unpaired) electrons. The summed E-state index contributed by atoms with van der Waals surface area (Å²) in [6.45, 7) is 0. The molecule has 0 amide bonds. The Kier molecular flexibility index (Phi) is 8.47. The van der Waals surface area contributed by atoms with Crippen LogP contribution in [-0.4, -0.2) is 13.9 Å². The molecule has 0 unspecified atom stereocenters. The van der Waals surface area contributed by atoms with Crippen LogP contribution in [0.15, 0.2) is 0 Å². The van der Waals surface area contributed by atoms with E-state index >= 15 is 0 Å². The van der Waals surface area contributed by atoms with Crippen LogP contribution in [0.25, 0.3) is 0 Å². The molecular formula is CCu2F3O6PS. The number of hydrogen-bond donors (Lipinski definition) is 0. The van der Waals surface area contributed by atoms with Gasteiger partial charge in [-0.2, -0.15) is 21.6 Å². The maximum absolute atomic E-state index is 11.3. The van der Waals surface area contributed by atoms with Crippen LogP contribution in [0.4, 0.5) is 13.2 Å². The predicted molar refractivity (Wildman–Crippen MR) is 23.7 cm³/mol. The Morgan fingerprint density at radius 2 is 1.43 bits per heavy atom. The summed E-state index contributed by atoms with van der Waals surface area (Å²) in [4.78, 5) is 18.9. The van der Waals surface area contributed by atoms with Crippen LogP contribution < -0.4 is 9.79 Å². The largest absolute Gasteiger partial charge is 1.00 e. The topological polar surface area (TPSA) is 107 Å². The summed E-state index contributed by atoms with van der Waals surface area (Å²) in [5, 5.41) is 0. The molecule has 94 valence electrons. The Balaban J connectivity index is -0.000000605. The van der Waals surface area contributed by atoms with Gasteiger partial charge in [-0.25, -0.2) is 3.97 Å². The van der Waals surface area contributed by atoms with Gasteiger partial charge in [-0.05, 0) is 0 Å². The quantitative estimate of drug-likeness (QED) is 0.345. The van der Waals surface area contributed by atoms with Crippen molar-refractivity contribution >= 4 is 17.9 Å². The van der Waals surface area contributed by atoms with Gasteiger partial charge in [0.05, 0.1) is 7.82 Å². The Labute approximate surface area is 97.5 Å². The number of rotatable bonds is 2. The van der Waals surface area contributed by atoms with Gasteiger partial charge in [0.15, 0.2) is 0 Å². The summed E-state index contributed by atoms with van der Waals surface area (Å²) in [6.07, 6.45) is 0. The minimum absolute atomic E-state index is 0. The second-order valence-electron chi connectivity index (χ2n) is 1.42. The van der Waals surface area contributed by atoms with Gasteiger partial charge in [-0.1, -0.05) is 0 Å². The van der Waals surface area contributed by atoms with Crippen LogP contribution in [0.5, 0.6) is 0 Å². The Bertz CT molecular complexity index is 304. The molecule has 0 heterocycles. The first-order valence-electron chi connectivity index (χ1n) is 2.00. The van der Waals surface area contributed by atoms with Crippen molar-refractivity contribution in [1.29, 1.82) is 0 Å². The van der Waals surface area contributed by atoms with Gasteiger partial charge < -0.3 is 14.4 Å². The molecular weight excluding hydrogens is 355 g/mol. The molecule has 14 heavy (non-hydrogen) atoms. The molecule has 0 fully saturated rings. The van der Waals surface area contributed by atoms with Crippen molar-refractivity contribution < 1.29 is 74.0 Å². The summed E-state index contributed by atoms with van der Waals surface area (Å²) in [5.74, 6) is 0. The molecule has 0 aliphatic heterocycles. The second-order valence-corrected chi connectivity index (χ2v) is 4.28. The first-order chi connectivity index (χ1) is 4.96. The van der Waals surface area contributed by atoms with Crippen molar-refractivity contribution in [2.24, 2.45) is 0 Å². The minimum atomic E-state index is -6.34. The first kappa shape index (κ1) is 20.3. The molecule has 0 rings (SSSR count). The molecule has 0 atom stereocenters. The maximum atomic E-state index is 11.3. The van der Waals surface area contributed by atoms with Gasteiger partial charge in [-0.3, -0.25) is 0 Å². The van der Waals surface area contributed by atoms with Crippen LogP contribution in [0, 0.1) is 0 Å². The summed E-state index contributed by atoms with van der Waals surface area (Å²) < 4.78 is 65.0. The maximum Gasteiger partial charge on any atom is 1.00 e. The monoisotopic (exact) mass is 354 g/mol. The molecule has 0 bridgehead atoms. The minimum Gasteiger partial charge on any atom is -0.789 e. The van der Waals surface area contributed by atoms with Crippen LogP contribution in [0.3, 0.4) is 0 Å². The van der Waals surface area contributed by atoms with Gasteiger partial charge in [-0.15, -0.1) is 0 Å². The molecule has 0 aromatic rings. The summed E-state index contributed by atoms with van der Waals surface area (Å²) in [6, 6.07) is 0. The van der Waals surface area contributed by atoms with Gasteiger partial charge in [0, 0.05) is 0 Å². The Morgan fingerprint density at radius 3 is 1.50 bits per heavy atom. The fraction of sp³-hybridized carbons (Fsp3) is 1.00. The summed E-state index contributed by atoms with van der Waals surface area (Å²) >= 11 is 0. The van der Waals surface area contributed by atoms with Crippen molar-refractivity contribution in [3.8, 4) is 0 Å². The van der Waals surface area contributed by atoms with Crippen LogP contribution in [0.1, 0.15) is 0 Å². The zero-order valence-corrected chi connectivity index (χ0v) is 9.14. The summed E-state index contributed by atoms with van der Waals surface area (Å²) in [7, 11) is -12.5. The fourth-order valence-electron chi connectivity index (χ4n) is 0.162. The van der Waals surface area contributed by atoms with Gasteiger partial charge >= 0.3 is 49.8 Å². The van der Waals surface area contributed by atoms with Crippen molar-refractivity contribution in [3.63, 3.8) is 0 Å². The van der Waals surface area contributed by atoms with E-state index in [4.69, 9.17) is 0 Å². The third-order valence-corrected chi connectivity index (χ3v) is 2.56. The smallest absolute Gasteiger partial charge is 0.789 e. The third kappa shape index (κ3) is 7.22. The van der Waals surface area contributed by atoms with Gasteiger partial charge in [0.25, 0.3) is 0 Å². The van der Waals surface area contributed by atoms with E-state index in [2.05, 4.69) is 3.97 Å². The van der Waals surface area contributed by atoms with E-state index in [1.807, 2.05) is 0 Å². The molecule has 0 aromatic carbocycles. The number of alkyl halides is 3. The molecule has 0 aliphatic carbocycles. The normalized spacial score (nSPS) is 12.6. The standard InChI is InChI=1S/CH2F3O6PS.2Cu/c2-1(3,4)12(8,9)10-11(5,6)7;;/h(H2,5,6,7);;/q;2*+1/p-2. The number of phosphoric acid groups is 1. The predicted octanol–water partition coefficient (Wildman–Crippen LogP) is -1.32. The fourth-order valence-corrected chi connectivity index (χ4v) is 1.46. The van der Waals surface area contributed by atoms with E-state index in [1.54, 1.807) is 0 Å². The molecule has 0 aromatic heterocycles. The van der Waals surface area contributed by atoms with Crippen LogP contribution >= 0.6 is 7.82 Å². The van der Waals surface area contributed by atoms with Gasteiger partial charge in [0.2, 0.25) is 0 Å². The average Bonchev–Trinajstić information content (AvgIpc) is 1.52. The van der Waals surface area contributed by atoms with Crippen molar-refractivity contribution in [1.82, 2.24) is 0 Å². The van der Waals surface area contributed by atoms with E-state index in [9.17, 15) is 35.9 Å². The molecule has 13 heteroatoms. The zero-order valence-electron chi connectivity index (χ0n) is 5.54. The molecule has 0 aliphatic rings. The van der Waals surface area contributed by atoms with Crippen molar-refractivity contribution in [3.05, 3.63) is 0 Å². The van der Waals surface area contributed by atoms with Crippen molar-refractivity contribution in [2.45, 2.75) is 5.51 Å². The second kappa shape index (κ2) is 5.83. The molecule has 0 spiro atoms. The molecule has 0 saturated heterocycles. The van der Waals surface area contributed by atoms with E-state index in [-0.39, 0.29) is 34.1 Å². The van der Waals surface area contributed by atoms with E-state index in [0.717, 1.165) is 0 Å². The zero-order chi connectivity index (χ0) is 10.2. The number of hydrogen-bond acceptors (Lipinski definition) is 6. The SMILES string of the molecule is O=P([O-])([O-])OS(=O)(=O)C(F)(F)F.[Cu+].[Cu+]. The number of halogens is 3. The summed E-state index contributed by atoms with van der Waals surface area (Å²) in [5.41, 5.74) is -5.92. The van der Waals surface area contributed by atoms with E-state index < -0.39 is 23.4 Å². The average molecular weight is 355 g/mol.